The van der Waals surface area contributed by atoms with Gasteiger partial charge in [0.1, 0.15) is 5.82 Å². The Balaban J connectivity index is 1.36. The molecule has 3 rings (SSSR count). The van der Waals surface area contributed by atoms with E-state index in [2.05, 4.69) is 34.3 Å². The van der Waals surface area contributed by atoms with Gasteiger partial charge in [0.25, 0.3) is 0 Å². The lowest BCUT2D eigenvalue weighted by Crippen LogP contribution is -2.52. The van der Waals surface area contributed by atoms with E-state index in [0.717, 1.165) is 32.6 Å². The zero-order valence-electron chi connectivity index (χ0n) is 17.5. The summed E-state index contributed by atoms with van der Waals surface area (Å²) >= 11 is 0. The Morgan fingerprint density at radius 2 is 1.55 bits per heavy atom. The fraction of sp³-hybridized carbons (Fsp3) is 0.636. The normalized spacial score (nSPS) is 26.1. The molecular formula is C22H33FN4O2. The fourth-order valence-corrected chi connectivity index (χ4v) is 4.28. The molecule has 2 fully saturated rings. The molecule has 2 N–H and O–H groups in total. The molecule has 2 amide bonds. The third-order valence-electron chi connectivity index (χ3n) is 6.38. The van der Waals surface area contributed by atoms with E-state index in [9.17, 15) is 14.0 Å². The van der Waals surface area contributed by atoms with Gasteiger partial charge in [-0.05, 0) is 42.5 Å². The molecular weight excluding hydrogens is 371 g/mol. The van der Waals surface area contributed by atoms with Gasteiger partial charge in [-0.2, -0.15) is 0 Å². The van der Waals surface area contributed by atoms with Crippen LogP contribution in [-0.2, 0) is 9.59 Å². The molecule has 1 saturated carbocycles. The second-order valence-electron chi connectivity index (χ2n) is 8.55. The van der Waals surface area contributed by atoms with Crippen LogP contribution in [-0.4, -0.2) is 66.9 Å². The number of benzene rings is 1. The molecule has 29 heavy (non-hydrogen) atoms. The van der Waals surface area contributed by atoms with Gasteiger partial charge in [-0.15, -0.1) is 0 Å². The standard InChI is InChI=1S/C22H33FN4O2/c1-16-4-3-5-20(17(16)2)25-22(29)15-27-12-10-26(11-13-27)14-21(28)24-19-8-6-18(23)7-9-19/h6-9,16-17,20H,3-5,10-15H2,1-2H3,(H,24,28)(H,25,29)/t16-,17+,20-/m0/s1. The van der Waals surface area contributed by atoms with Gasteiger partial charge in [0.15, 0.2) is 0 Å². The number of rotatable bonds is 6. The largest absolute Gasteiger partial charge is 0.352 e. The molecule has 1 aliphatic carbocycles. The van der Waals surface area contributed by atoms with Crippen molar-refractivity contribution in [2.24, 2.45) is 11.8 Å². The molecule has 1 saturated heterocycles. The van der Waals surface area contributed by atoms with Crippen molar-refractivity contribution in [1.29, 1.82) is 0 Å². The lowest BCUT2D eigenvalue weighted by molar-refractivity contribution is -0.124. The third-order valence-corrected chi connectivity index (χ3v) is 6.38. The van der Waals surface area contributed by atoms with Gasteiger partial charge >= 0.3 is 0 Å². The van der Waals surface area contributed by atoms with Crippen LogP contribution in [0.25, 0.3) is 0 Å². The topological polar surface area (TPSA) is 64.7 Å². The number of hydrogen-bond acceptors (Lipinski definition) is 4. The van der Waals surface area contributed by atoms with Crippen molar-refractivity contribution in [3.05, 3.63) is 30.1 Å². The summed E-state index contributed by atoms with van der Waals surface area (Å²) in [7, 11) is 0. The van der Waals surface area contributed by atoms with Crippen molar-refractivity contribution in [3.8, 4) is 0 Å². The summed E-state index contributed by atoms with van der Waals surface area (Å²) in [5, 5.41) is 6.02. The molecule has 7 heteroatoms. The van der Waals surface area contributed by atoms with Crippen LogP contribution in [0.3, 0.4) is 0 Å². The minimum absolute atomic E-state index is 0.108. The molecule has 0 unspecified atom stereocenters. The van der Waals surface area contributed by atoms with Gasteiger partial charge in [0.05, 0.1) is 13.1 Å². The first kappa shape index (κ1) is 21.7. The maximum absolute atomic E-state index is 12.9. The van der Waals surface area contributed by atoms with E-state index in [0.29, 0.717) is 36.7 Å². The maximum Gasteiger partial charge on any atom is 0.238 e. The molecule has 6 nitrogen and oxygen atoms in total. The summed E-state index contributed by atoms with van der Waals surface area (Å²) in [6, 6.07) is 6.06. The summed E-state index contributed by atoms with van der Waals surface area (Å²) in [5.74, 6) is 0.875. The summed E-state index contributed by atoms with van der Waals surface area (Å²) in [5.41, 5.74) is 0.595. The van der Waals surface area contributed by atoms with Crippen LogP contribution < -0.4 is 10.6 Å². The monoisotopic (exact) mass is 404 g/mol. The van der Waals surface area contributed by atoms with Crippen LogP contribution in [0.5, 0.6) is 0 Å². The minimum atomic E-state index is -0.324. The summed E-state index contributed by atoms with van der Waals surface area (Å²) in [4.78, 5) is 28.9. The van der Waals surface area contributed by atoms with Crippen LogP contribution in [0.4, 0.5) is 10.1 Å². The highest BCUT2D eigenvalue weighted by Gasteiger charge is 2.29. The number of carbonyl (C=O) groups excluding carboxylic acids is 2. The van der Waals surface area contributed by atoms with Crippen LogP contribution in [0.15, 0.2) is 24.3 Å². The van der Waals surface area contributed by atoms with Gasteiger partial charge in [0.2, 0.25) is 11.8 Å². The van der Waals surface area contributed by atoms with Crippen LogP contribution in [0.2, 0.25) is 0 Å². The predicted octanol–water partition coefficient (Wildman–Crippen LogP) is 2.32. The second-order valence-corrected chi connectivity index (χ2v) is 8.55. The molecule has 0 bridgehead atoms. The SMILES string of the molecule is C[C@H]1[C@@H](NC(=O)CN2CCN(CC(=O)Nc3ccc(F)cc3)CC2)CCC[C@@H]1C. The lowest BCUT2D eigenvalue weighted by Gasteiger charge is -2.36. The van der Waals surface area contributed by atoms with Crippen molar-refractivity contribution in [1.82, 2.24) is 15.1 Å². The Hall–Kier alpha value is -1.99. The van der Waals surface area contributed by atoms with E-state index in [1.54, 1.807) is 12.1 Å². The van der Waals surface area contributed by atoms with E-state index in [1.165, 1.54) is 25.0 Å². The van der Waals surface area contributed by atoms with Crippen molar-refractivity contribution in [2.75, 3.05) is 44.6 Å². The Morgan fingerprint density at radius 1 is 0.966 bits per heavy atom. The zero-order valence-corrected chi connectivity index (χ0v) is 17.5. The molecule has 3 atom stereocenters. The number of nitrogens with zero attached hydrogens (tertiary/aromatic N) is 2. The quantitative estimate of drug-likeness (QED) is 0.764. The zero-order chi connectivity index (χ0) is 20.8. The molecule has 1 aliphatic heterocycles. The van der Waals surface area contributed by atoms with Crippen molar-refractivity contribution < 1.29 is 14.0 Å². The predicted molar refractivity (Wildman–Crippen MR) is 112 cm³/mol. The molecule has 1 aromatic rings. The first-order chi connectivity index (χ1) is 13.9. The Labute approximate surface area is 172 Å². The first-order valence-corrected chi connectivity index (χ1v) is 10.7. The number of amides is 2. The maximum atomic E-state index is 12.9. The van der Waals surface area contributed by atoms with Crippen molar-refractivity contribution in [2.45, 2.75) is 39.2 Å². The number of carbonyl (C=O) groups is 2. The third kappa shape index (κ3) is 6.51. The van der Waals surface area contributed by atoms with Crippen molar-refractivity contribution in [3.63, 3.8) is 0 Å². The van der Waals surface area contributed by atoms with Crippen LogP contribution >= 0.6 is 0 Å². The lowest BCUT2D eigenvalue weighted by atomic mass is 9.78. The first-order valence-electron chi connectivity index (χ1n) is 10.7. The number of piperazine rings is 1. The van der Waals surface area contributed by atoms with Gasteiger partial charge in [0, 0.05) is 37.9 Å². The molecule has 0 aromatic heterocycles. The molecule has 160 valence electrons. The molecule has 2 aliphatic rings. The Morgan fingerprint density at radius 3 is 2.17 bits per heavy atom. The molecule has 0 radical (unpaired) electrons. The van der Waals surface area contributed by atoms with Gasteiger partial charge in [-0.1, -0.05) is 26.7 Å². The molecule has 1 aromatic carbocycles. The van der Waals surface area contributed by atoms with E-state index >= 15 is 0 Å². The second kappa shape index (κ2) is 10.2. The van der Waals surface area contributed by atoms with E-state index < -0.39 is 0 Å². The van der Waals surface area contributed by atoms with Crippen LogP contribution in [0.1, 0.15) is 33.1 Å². The number of anilines is 1. The summed E-state index contributed by atoms with van der Waals surface area (Å²) in [6.45, 7) is 8.28. The van der Waals surface area contributed by atoms with E-state index in [4.69, 9.17) is 0 Å². The Kier molecular flexibility index (Phi) is 7.61. The Bertz CT molecular complexity index is 689. The van der Waals surface area contributed by atoms with Crippen LogP contribution in [0, 0.1) is 17.7 Å². The smallest absolute Gasteiger partial charge is 0.238 e. The van der Waals surface area contributed by atoms with E-state index in [-0.39, 0.29) is 17.6 Å². The summed E-state index contributed by atoms with van der Waals surface area (Å²) < 4.78 is 12.9. The number of hydrogen-bond donors (Lipinski definition) is 2. The molecule has 1 heterocycles. The minimum Gasteiger partial charge on any atom is -0.352 e. The van der Waals surface area contributed by atoms with Gasteiger partial charge < -0.3 is 10.6 Å². The number of nitrogens with one attached hydrogen (secondary N) is 2. The fourth-order valence-electron chi connectivity index (χ4n) is 4.28. The average molecular weight is 405 g/mol. The highest BCUT2D eigenvalue weighted by atomic mass is 19.1. The van der Waals surface area contributed by atoms with Gasteiger partial charge in [-0.3, -0.25) is 19.4 Å². The molecule has 0 spiro atoms. The van der Waals surface area contributed by atoms with Crippen molar-refractivity contribution >= 4 is 17.5 Å². The van der Waals surface area contributed by atoms with E-state index in [1.807, 2.05) is 0 Å². The van der Waals surface area contributed by atoms with Gasteiger partial charge in [-0.25, -0.2) is 4.39 Å². The highest BCUT2D eigenvalue weighted by Crippen LogP contribution is 2.29. The highest BCUT2D eigenvalue weighted by molar-refractivity contribution is 5.92. The summed E-state index contributed by atoms with van der Waals surface area (Å²) in [6.07, 6.45) is 3.52. The number of halogens is 1. The average Bonchev–Trinajstić information content (AvgIpc) is 2.69.